The molecule has 4 nitrogen and oxygen atoms in total. The van der Waals surface area contributed by atoms with E-state index in [1.54, 1.807) is 6.07 Å². The summed E-state index contributed by atoms with van der Waals surface area (Å²) in [6.45, 7) is 3.30. The molecule has 0 saturated carbocycles. The molecule has 0 aromatic carbocycles. The van der Waals surface area contributed by atoms with Crippen molar-refractivity contribution in [2.75, 3.05) is 18.0 Å². The summed E-state index contributed by atoms with van der Waals surface area (Å²) in [6.07, 6.45) is 1.43. The minimum atomic E-state index is -0.470. The van der Waals surface area contributed by atoms with Crippen LogP contribution in [0.3, 0.4) is 0 Å². The van der Waals surface area contributed by atoms with Gasteiger partial charge in [0.25, 0.3) is 0 Å². The van der Waals surface area contributed by atoms with Crippen LogP contribution in [-0.2, 0) is 4.79 Å². The highest BCUT2D eigenvalue weighted by atomic mass is 19.1. The first-order valence-corrected chi connectivity index (χ1v) is 5.75. The average molecular weight is 237 g/mol. The number of rotatable bonds is 2. The fourth-order valence-electron chi connectivity index (χ4n) is 2.19. The monoisotopic (exact) mass is 237 g/mol. The summed E-state index contributed by atoms with van der Waals surface area (Å²) in [5, 5.41) is 0. The molecule has 92 valence electrons. The van der Waals surface area contributed by atoms with Gasteiger partial charge in [-0.15, -0.1) is 0 Å². The van der Waals surface area contributed by atoms with Gasteiger partial charge < -0.3 is 10.6 Å². The number of carbonyl (C=O) groups excluding carboxylic acids is 1. The molecule has 1 aliphatic rings. The molecular formula is C12H16FN3O. The van der Waals surface area contributed by atoms with Crippen molar-refractivity contribution in [3.05, 3.63) is 23.6 Å². The van der Waals surface area contributed by atoms with Gasteiger partial charge in [-0.3, -0.25) is 4.79 Å². The van der Waals surface area contributed by atoms with Crippen LogP contribution in [0.5, 0.6) is 0 Å². The van der Waals surface area contributed by atoms with E-state index in [1.807, 2.05) is 11.8 Å². The van der Waals surface area contributed by atoms with Gasteiger partial charge in [-0.25, -0.2) is 4.98 Å². The molecule has 5 heteroatoms. The van der Waals surface area contributed by atoms with Gasteiger partial charge in [0, 0.05) is 19.0 Å². The molecule has 0 aliphatic carbocycles. The van der Waals surface area contributed by atoms with Crippen LogP contribution < -0.4 is 10.6 Å². The Labute approximate surface area is 99.6 Å². The maximum absolute atomic E-state index is 13.1. The van der Waals surface area contributed by atoms with E-state index in [2.05, 4.69) is 4.98 Å². The van der Waals surface area contributed by atoms with Gasteiger partial charge in [0.2, 0.25) is 11.9 Å². The van der Waals surface area contributed by atoms with E-state index in [0.717, 1.165) is 5.56 Å². The van der Waals surface area contributed by atoms with Crippen molar-refractivity contribution in [3.63, 3.8) is 0 Å². The number of nitrogens with zero attached hydrogens (tertiary/aromatic N) is 2. The zero-order valence-corrected chi connectivity index (χ0v) is 9.82. The topological polar surface area (TPSA) is 59.2 Å². The maximum atomic E-state index is 13.1. The number of primary amides is 1. The molecule has 1 aliphatic heterocycles. The Morgan fingerprint density at radius 2 is 2.12 bits per heavy atom. The lowest BCUT2D eigenvalue weighted by Gasteiger charge is -2.32. The van der Waals surface area contributed by atoms with Crippen molar-refractivity contribution in [2.24, 2.45) is 11.7 Å². The fourth-order valence-corrected chi connectivity index (χ4v) is 2.19. The lowest BCUT2D eigenvalue weighted by atomic mass is 9.96. The number of piperidine rings is 1. The van der Waals surface area contributed by atoms with Gasteiger partial charge in [-0.05, 0) is 31.4 Å². The number of hydrogen-bond acceptors (Lipinski definition) is 3. The number of carbonyl (C=O) groups is 1. The number of anilines is 1. The molecule has 1 aromatic heterocycles. The molecule has 2 N–H and O–H groups in total. The van der Waals surface area contributed by atoms with Crippen LogP contribution in [0.15, 0.2) is 12.1 Å². The summed E-state index contributed by atoms with van der Waals surface area (Å²) >= 11 is 0. The Bertz CT molecular complexity index is 428. The Hall–Kier alpha value is -1.65. The van der Waals surface area contributed by atoms with Crippen molar-refractivity contribution >= 4 is 11.7 Å². The van der Waals surface area contributed by atoms with Crippen LogP contribution in [0.4, 0.5) is 10.2 Å². The first-order valence-electron chi connectivity index (χ1n) is 5.75. The number of pyridine rings is 1. The standard InChI is InChI=1S/C12H16FN3O/c1-8-2-3-10(13)15-12(8)16-6-4-9(5-7-16)11(14)17/h2-3,9H,4-7H2,1H3,(H2,14,17). The molecule has 1 saturated heterocycles. The van der Waals surface area contributed by atoms with Crippen molar-refractivity contribution in [1.82, 2.24) is 4.98 Å². The average Bonchev–Trinajstić information content (AvgIpc) is 2.32. The Morgan fingerprint density at radius 3 is 2.71 bits per heavy atom. The molecule has 0 radical (unpaired) electrons. The van der Waals surface area contributed by atoms with Crippen LogP contribution in [0.2, 0.25) is 0 Å². The molecule has 2 heterocycles. The first-order chi connectivity index (χ1) is 8.08. The van der Waals surface area contributed by atoms with Crippen molar-refractivity contribution in [1.29, 1.82) is 0 Å². The van der Waals surface area contributed by atoms with E-state index in [9.17, 15) is 9.18 Å². The number of nitrogens with two attached hydrogens (primary N) is 1. The zero-order chi connectivity index (χ0) is 12.4. The first kappa shape index (κ1) is 11.8. The van der Waals surface area contributed by atoms with Gasteiger partial charge in [-0.1, -0.05) is 6.07 Å². The third kappa shape index (κ3) is 2.54. The Balaban J connectivity index is 2.10. The minimum Gasteiger partial charge on any atom is -0.369 e. The second-order valence-electron chi connectivity index (χ2n) is 4.44. The predicted octanol–water partition coefficient (Wildman–Crippen LogP) is 1.23. The largest absolute Gasteiger partial charge is 0.369 e. The summed E-state index contributed by atoms with van der Waals surface area (Å²) in [4.78, 5) is 17.0. The van der Waals surface area contributed by atoms with Crippen molar-refractivity contribution in [3.8, 4) is 0 Å². The van der Waals surface area contributed by atoms with Crippen LogP contribution in [0.25, 0.3) is 0 Å². The third-order valence-electron chi connectivity index (χ3n) is 3.23. The summed E-state index contributed by atoms with van der Waals surface area (Å²) in [6, 6.07) is 3.08. The quantitative estimate of drug-likeness (QED) is 0.787. The van der Waals surface area contributed by atoms with E-state index in [1.165, 1.54) is 6.07 Å². The summed E-state index contributed by atoms with van der Waals surface area (Å²) in [5.74, 6) is -0.0933. The van der Waals surface area contributed by atoms with Crippen molar-refractivity contribution < 1.29 is 9.18 Å². The summed E-state index contributed by atoms with van der Waals surface area (Å²) < 4.78 is 13.1. The second-order valence-corrected chi connectivity index (χ2v) is 4.44. The van der Waals surface area contributed by atoms with Gasteiger partial charge in [0.1, 0.15) is 5.82 Å². The molecule has 1 amide bonds. The van der Waals surface area contributed by atoms with Gasteiger partial charge >= 0.3 is 0 Å². The van der Waals surface area contributed by atoms with E-state index >= 15 is 0 Å². The molecule has 0 bridgehead atoms. The molecule has 0 unspecified atom stereocenters. The molecule has 1 aromatic rings. The smallest absolute Gasteiger partial charge is 0.220 e. The highest BCUT2D eigenvalue weighted by Gasteiger charge is 2.24. The number of halogens is 1. The fraction of sp³-hybridized carbons (Fsp3) is 0.500. The van der Waals surface area contributed by atoms with Gasteiger partial charge in [0.05, 0.1) is 0 Å². The van der Waals surface area contributed by atoms with Crippen LogP contribution in [-0.4, -0.2) is 24.0 Å². The van der Waals surface area contributed by atoms with Crippen molar-refractivity contribution in [2.45, 2.75) is 19.8 Å². The zero-order valence-electron chi connectivity index (χ0n) is 9.82. The van der Waals surface area contributed by atoms with Crippen LogP contribution >= 0.6 is 0 Å². The molecule has 2 rings (SSSR count). The number of amides is 1. The Morgan fingerprint density at radius 1 is 1.47 bits per heavy atom. The lowest BCUT2D eigenvalue weighted by Crippen LogP contribution is -2.39. The SMILES string of the molecule is Cc1ccc(F)nc1N1CCC(C(N)=O)CC1. The summed E-state index contributed by atoms with van der Waals surface area (Å²) in [5.41, 5.74) is 6.22. The normalized spacial score (nSPS) is 17.2. The molecular weight excluding hydrogens is 221 g/mol. The summed E-state index contributed by atoms with van der Waals surface area (Å²) in [7, 11) is 0. The number of aromatic nitrogens is 1. The van der Waals surface area contributed by atoms with E-state index in [-0.39, 0.29) is 11.8 Å². The molecule has 17 heavy (non-hydrogen) atoms. The lowest BCUT2D eigenvalue weighted by molar-refractivity contribution is -0.122. The predicted molar refractivity (Wildman–Crippen MR) is 63.1 cm³/mol. The second kappa shape index (κ2) is 4.69. The molecule has 1 fully saturated rings. The highest BCUT2D eigenvalue weighted by molar-refractivity contribution is 5.77. The van der Waals surface area contributed by atoms with E-state index in [0.29, 0.717) is 31.7 Å². The minimum absolute atomic E-state index is 0.0554. The van der Waals surface area contributed by atoms with Gasteiger partial charge in [-0.2, -0.15) is 4.39 Å². The third-order valence-corrected chi connectivity index (χ3v) is 3.23. The Kier molecular flexibility index (Phi) is 3.26. The maximum Gasteiger partial charge on any atom is 0.220 e. The highest BCUT2D eigenvalue weighted by Crippen LogP contribution is 2.24. The number of aryl methyl sites for hydroxylation is 1. The number of hydrogen-bond donors (Lipinski definition) is 1. The molecule has 0 spiro atoms. The van der Waals surface area contributed by atoms with Gasteiger partial charge in [0.15, 0.2) is 0 Å². The van der Waals surface area contributed by atoms with Crippen LogP contribution in [0.1, 0.15) is 18.4 Å². The molecule has 0 atom stereocenters. The van der Waals surface area contributed by atoms with E-state index < -0.39 is 5.95 Å². The van der Waals surface area contributed by atoms with E-state index in [4.69, 9.17) is 5.73 Å². The van der Waals surface area contributed by atoms with Crippen LogP contribution in [0, 0.1) is 18.8 Å².